The number of carbonyl (C=O) groups excluding carboxylic acids is 1. The maximum Gasteiger partial charge on any atom is 0.264 e. The molecule has 0 fully saturated rings. The van der Waals surface area contributed by atoms with Crippen molar-refractivity contribution in [2.45, 2.75) is 37.6 Å². The number of amides is 1. The predicted octanol–water partition coefficient (Wildman–Crippen LogP) is 4.71. The average Bonchev–Trinajstić information content (AvgIpc) is 2.82. The zero-order valence-corrected chi connectivity index (χ0v) is 18.7. The first-order valence-electron chi connectivity index (χ1n) is 10.5. The van der Waals surface area contributed by atoms with Gasteiger partial charge < -0.3 is 5.32 Å². The van der Waals surface area contributed by atoms with Crippen molar-refractivity contribution in [2.75, 3.05) is 10.8 Å². The van der Waals surface area contributed by atoms with Gasteiger partial charge in [0.1, 0.15) is 6.54 Å². The summed E-state index contributed by atoms with van der Waals surface area (Å²) in [6.07, 6.45) is 1.55. The van der Waals surface area contributed by atoms with Crippen LogP contribution in [-0.4, -0.2) is 20.9 Å². The molecular formula is C25H28N2O3S. The van der Waals surface area contributed by atoms with E-state index in [2.05, 4.69) is 5.32 Å². The van der Waals surface area contributed by atoms with Gasteiger partial charge >= 0.3 is 0 Å². The van der Waals surface area contributed by atoms with Crippen molar-refractivity contribution in [2.24, 2.45) is 0 Å². The van der Waals surface area contributed by atoms with Crippen molar-refractivity contribution in [1.82, 2.24) is 5.32 Å². The van der Waals surface area contributed by atoms with Gasteiger partial charge in [-0.3, -0.25) is 9.10 Å². The van der Waals surface area contributed by atoms with Gasteiger partial charge in [-0.15, -0.1) is 0 Å². The summed E-state index contributed by atoms with van der Waals surface area (Å²) in [7, 11) is -3.90. The third-order valence-electron chi connectivity index (χ3n) is 5.20. The van der Waals surface area contributed by atoms with E-state index in [1.54, 1.807) is 42.5 Å². The van der Waals surface area contributed by atoms with Crippen LogP contribution < -0.4 is 9.62 Å². The fraction of sp³-hybridized carbons (Fsp3) is 0.240. The van der Waals surface area contributed by atoms with Crippen LogP contribution >= 0.6 is 0 Å². The largest absolute Gasteiger partial charge is 0.348 e. The third kappa shape index (κ3) is 5.52. The maximum absolute atomic E-state index is 13.4. The number of rotatable bonds is 9. The topological polar surface area (TPSA) is 66.5 Å². The van der Waals surface area contributed by atoms with Gasteiger partial charge in [-0.2, -0.15) is 0 Å². The number of aryl methyl sites for hydroxylation is 1. The molecule has 0 saturated heterocycles. The Morgan fingerprint density at radius 1 is 0.871 bits per heavy atom. The zero-order valence-electron chi connectivity index (χ0n) is 17.9. The third-order valence-corrected chi connectivity index (χ3v) is 6.98. The van der Waals surface area contributed by atoms with Gasteiger partial charge in [0.2, 0.25) is 5.91 Å². The predicted molar refractivity (Wildman–Crippen MR) is 124 cm³/mol. The first-order chi connectivity index (χ1) is 15.0. The van der Waals surface area contributed by atoms with Crippen molar-refractivity contribution in [1.29, 1.82) is 0 Å². The molecule has 0 radical (unpaired) electrons. The Hall–Kier alpha value is -3.12. The van der Waals surface area contributed by atoms with Crippen LogP contribution in [0.3, 0.4) is 0 Å². The van der Waals surface area contributed by atoms with E-state index in [1.165, 1.54) is 4.31 Å². The second-order valence-corrected chi connectivity index (χ2v) is 9.15. The molecule has 0 aliphatic rings. The lowest BCUT2D eigenvalue weighted by Gasteiger charge is -2.26. The number of hydrogen-bond donors (Lipinski definition) is 1. The Morgan fingerprint density at radius 3 is 2.00 bits per heavy atom. The van der Waals surface area contributed by atoms with Crippen LogP contribution in [0.2, 0.25) is 0 Å². The number of anilines is 1. The normalized spacial score (nSPS) is 12.2. The van der Waals surface area contributed by atoms with E-state index < -0.39 is 10.0 Å². The summed E-state index contributed by atoms with van der Waals surface area (Å²) in [5.41, 5.74) is 2.55. The van der Waals surface area contributed by atoms with E-state index in [1.807, 2.05) is 56.3 Å². The molecule has 3 aromatic rings. The summed E-state index contributed by atoms with van der Waals surface area (Å²) < 4.78 is 28.0. The van der Waals surface area contributed by atoms with Crippen molar-refractivity contribution in [3.8, 4) is 0 Å². The second kappa shape index (κ2) is 10.3. The second-order valence-electron chi connectivity index (χ2n) is 7.28. The van der Waals surface area contributed by atoms with Gasteiger partial charge in [-0.1, -0.05) is 74.5 Å². The molecule has 1 unspecified atom stereocenters. The molecule has 0 aliphatic heterocycles. The summed E-state index contributed by atoms with van der Waals surface area (Å²) in [5.74, 6) is -0.352. The Morgan fingerprint density at radius 2 is 1.45 bits per heavy atom. The smallest absolute Gasteiger partial charge is 0.264 e. The molecule has 0 aliphatic carbocycles. The molecule has 1 amide bonds. The quantitative estimate of drug-likeness (QED) is 0.528. The van der Waals surface area contributed by atoms with E-state index in [0.717, 1.165) is 17.5 Å². The van der Waals surface area contributed by atoms with Gasteiger partial charge in [0, 0.05) is 0 Å². The number of nitrogens with zero attached hydrogens (tertiary/aromatic N) is 1. The molecule has 162 valence electrons. The summed E-state index contributed by atoms with van der Waals surface area (Å²) >= 11 is 0. The lowest BCUT2D eigenvalue weighted by atomic mass is 10.0. The summed E-state index contributed by atoms with van der Waals surface area (Å²) in [4.78, 5) is 13.1. The Bertz CT molecular complexity index is 1080. The minimum Gasteiger partial charge on any atom is -0.348 e. The fourth-order valence-corrected chi connectivity index (χ4v) is 4.85. The van der Waals surface area contributed by atoms with Crippen molar-refractivity contribution >= 4 is 21.6 Å². The lowest BCUT2D eigenvalue weighted by Crippen LogP contribution is -2.42. The average molecular weight is 437 g/mol. The molecule has 1 atom stereocenters. The molecule has 5 nitrogen and oxygen atoms in total. The van der Waals surface area contributed by atoms with E-state index in [0.29, 0.717) is 12.1 Å². The highest BCUT2D eigenvalue weighted by atomic mass is 32.2. The van der Waals surface area contributed by atoms with E-state index in [-0.39, 0.29) is 23.4 Å². The Balaban J connectivity index is 1.90. The minimum absolute atomic E-state index is 0.150. The molecule has 0 spiro atoms. The zero-order chi connectivity index (χ0) is 22.3. The molecule has 0 saturated carbocycles. The van der Waals surface area contributed by atoms with Crippen molar-refractivity contribution < 1.29 is 13.2 Å². The summed E-state index contributed by atoms with van der Waals surface area (Å²) in [6.45, 7) is 3.72. The van der Waals surface area contributed by atoms with Crippen LogP contribution in [0, 0.1) is 0 Å². The molecule has 1 N–H and O–H groups in total. The Kier molecular flexibility index (Phi) is 7.47. The van der Waals surface area contributed by atoms with Crippen LogP contribution in [0.25, 0.3) is 0 Å². The van der Waals surface area contributed by atoms with Crippen LogP contribution in [0.4, 0.5) is 5.69 Å². The molecule has 3 rings (SSSR count). The number of nitrogens with one attached hydrogen (secondary N) is 1. The van der Waals surface area contributed by atoms with E-state index in [9.17, 15) is 13.2 Å². The molecule has 0 bridgehead atoms. The van der Waals surface area contributed by atoms with Gasteiger partial charge in [0.05, 0.1) is 16.6 Å². The minimum atomic E-state index is -3.90. The highest BCUT2D eigenvalue weighted by Gasteiger charge is 2.27. The number of benzene rings is 3. The molecule has 0 heterocycles. The van der Waals surface area contributed by atoms with Crippen LogP contribution in [0.5, 0.6) is 0 Å². The van der Waals surface area contributed by atoms with Crippen LogP contribution in [-0.2, 0) is 21.2 Å². The standard InChI is InChI=1S/C25H28N2O3S/c1-3-20-15-17-22(18-16-20)27(31(29,30)23-13-9-6-10-14-23)19-25(28)26-24(4-2)21-11-7-5-8-12-21/h5-18,24H,3-4,19H2,1-2H3,(H,26,28). The first-order valence-corrected chi connectivity index (χ1v) is 11.9. The van der Waals surface area contributed by atoms with E-state index in [4.69, 9.17) is 0 Å². The lowest BCUT2D eigenvalue weighted by molar-refractivity contribution is -0.120. The van der Waals surface area contributed by atoms with Gasteiger partial charge in [0.15, 0.2) is 0 Å². The van der Waals surface area contributed by atoms with Crippen molar-refractivity contribution in [3.05, 3.63) is 96.1 Å². The van der Waals surface area contributed by atoms with Crippen molar-refractivity contribution in [3.63, 3.8) is 0 Å². The molecule has 6 heteroatoms. The van der Waals surface area contributed by atoms with Gasteiger partial charge in [0.25, 0.3) is 10.0 Å². The van der Waals surface area contributed by atoms with Crippen LogP contribution in [0.1, 0.15) is 37.4 Å². The van der Waals surface area contributed by atoms with Gasteiger partial charge in [-0.05, 0) is 48.2 Å². The highest BCUT2D eigenvalue weighted by Crippen LogP contribution is 2.24. The highest BCUT2D eigenvalue weighted by molar-refractivity contribution is 7.92. The fourth-order valence-electron chi connectivity index (χ4n) is 3.41. The molecule has 0 aromatic heterocycles. The number of carbonyl (C=O) groups is 1. The maximum atomic E-state index is 13.4. The van der Waals surface area contributed by atoms with Gasteiger partial charge in [-0.25, -0.2) is 8.42 Å². The summed E-state index contributed by atoms with van der Waals surface area (Å²) in [5, 5.41) is 2.98. The molecule has 3 aromatic carbocycles. The number of hydrogen-bond acceptors (Lipinski definition) is 3. The molecule has 31 heavy (non-hydrogen) atoms. The first kappa shape index (κ1) is 22.6. The number of sulfonamides is 1. The molecular weight excluding hydrogens is 408 g/mol. The summed E-state index contributed by atoms with van der Waals surface area (Å²) in [6, 6.07) is 25.0. The Labute approximate surface area is 184 Å². The van der Waals surface area contributed by atoms with Crippen LogP contribution in [0.15, 0.2) is 89.8 Å². The SMILES string of the molecule is CCc1ccc(N(CC(=O)NC(CC)c2ccccc2)S(=O)(=O)c2ccccc2)cc1. The monoisotopic (exact) mass is 436 g/mol. The van der Waals surface area contributed by atoms with E-state index >= 15 is 0 Å².